The Balaban J connectivity index is 3.05. The fourth-order valence-electron chi connectivity index (χ4n) is 1.15. The molecule has 0 atom stereocenters. The number of rotatable bonds is 4. The largest absolute Gasteiger partial charge is 0.378 e. The first-order chi connectivity index (χ1) is 7.70. The van der Waals surface area contributed by atoms with E-state index < -0.39 is 16.3 Å². The lowest BCUT2D eigenvalue weighted by Gasteiger charge is -2.19. The fourth-order valence-corrected chi connectivity index (χ4v) is 1.60. The molecule has 0 radical (unpaired) electrons. The van der Waals surface area contributed by atoms with Crippen molar-refractivity contribution in [3.8, 4) is 0 Å². The van der Waals surface area contributed by atoms with Crippen LogP contribution < -0.4 is 11.1 Å². The molecule has 1 aromatic rings. The minimum atomic E-state index is -0.548. The molecule has 17 heavy (non-hydrogen) atoms. The average molecular weight is 353 g/mol. The van der Waals surface area contributed by atoms with Gasteiger partial charge in [-0.25, -0.2) is 4.39 Å². The molecule has 0 heterocycles. The molecule has 0 saturated carbocycles. The van der Waals surface area contributed by atoms with Gasteiger partial charge < -0.3 is 11.1 Å². The monoisotopic (exact) mass is 353 g/mol. The first-order valence-electron chi connectivity index (χ1n) is 4.87. The Kier molecular flexibility index (Phi) is 4.26. The predicted octanol–water partition coefficient (Wildman–Crippen LogP) is 2.49. The number of halogens is 2. The summed E-state index contributed by atoms with van der Waals surface area (Å²) in [4.78, 5) is 10.3. The molecule has 0 fully saturated rings. The Hall–Kier alpha value is -0.960. The van der Waals surface area contributed by atoms with Crippen molar-refractivity contribution in [2.24, 2.45) is 5.73 Å². The van der Waals surface area contributed by atoms with Crippen molar-refractivity contribution in [3.05, 3.63) is 31.6 Å². The summed E-state index contributed by atoms with van der Waals surface area (Å²) < 4.78 is 13.6. The van der Waals surface area contributed by atoms with E-state index in [4.69, 9.17) is 5.73 Å². The van der Waals surface area contributed by atoms with Gasteiger partial charge in [0.2, 0.25) is 0 Å². The molecule has 0 unspecified atom stereocenters. The number of nitrogens with one attached hydrogen (secondary N) is 1. The molecule has 0 aromatic heterocycles. The molecule has 94 valence electrons. The summed E-state index contributed by atoms with van der Waals surface area (Å²) in [5, 5.41) is 13.6. The zero-order valence-corrected chi connectivity index (χ0v) is 11.6. The smallest absolute Gasteiger partial charge is 0.293 e. The quantitative estimate of drug-likeness (QED) is 0.495. The summed E-state index contributed by atoms with van der Waals surface area (Å²) >= 11 is 1.71. The zero-order valence-electron chi connectivity index (χ0n) is 9.46. The summed E-state index contributed by atoms with van der Waals surface area (Å²) in [7, 11) is 0. The normalized spacial score (nSPS) is 11.4. The lowest BCUT2D eigenvalue weighted by molar-refractivity contribution is -0.384. The second-order valence-electron chi connectivity index (χ2n) is 4.38. The van der Waals surface area contributed by atoms with E-state index in [1.54, 1.807) is 36.4 Å². The number of hydrogen-bond donors (Lipinski definition) is 2. The molecule has 1 rings (SSSR count). The van der Waals surface area contributed by atoms with Crippen LogP contribution in [0.4, 0.5) is 15.8 Å². The van der Waals surface area contributed by atoms with E-state index in [1.165, 1.54) is 6.07 Å². The summed E-state index contributed by atoms with van der Waals surface area (Å²) in [6, 6.07) is 2.31. The third-order valence-corrected chi connectivity index (χ3v) is 2.80. The lowest BCUT2D eigenvalue weighted by atomic mass is 10.1. The maximum atomic E-state index is 13.3. The molecule has 1 aromatic carbocycles. The summed E-state index contributed by atoms with van der Waals surface area (Å²) in [6.07, 6.45) is 0. The third-order valence-electron chi connectivity index (χ3n) is 1.97. The highest BCUT2D eigenvalue weighted by molar-refractivity contribution is 14.1. The highest BCUT2D eigenvalue weighted by atomic mass is 127. The number of anilines is 1. The Morgan fingerprint density at radius 3 is 2.65 bits per heavy atom. The van der Waals surface area contributed by atoms with Crippen LogP contribution in [0, 0.1) is 19.5 Å². The van der Waals surface area contributed by atoms with Crippen molar-refractivity contribution in [2.75, 3.05) is 11.9 Å². The molecule has 5 nitrogen and oxygen atoms in total. The Labute approximate surface area is 112 Å². The standard InChI is InChI=1S/C10H13FIN3O2/c1-10(2,13)5-14-8-3-6(11)7(12)4-9(8)15(16)17/h3-4,14H,5,13H2,1-2H3. The number of nitrogens with two attached hydrogens (primary N) is 1. The molecule has 0 saturated heterocycles. The molecule has 7 heteroatoms. The Bertz CT molecular complexity index is 446. The van der Waals surface area contributed by atoms with Crippen LogP contribution >= 0.6 is 22.6 Å². The topological polar surface area (TPSA) is 81.2 Å². The van der Waals surface area contributed by atoms with E-state index in [0.717, 1.165) is 6.07 Å². The van der Waals surface area contributed by atoms with Crippen molar-refractivity contribution in [1.82, 2.24) is 0 Å². The van der Waals surface area contributed by atoms with Gasteiger partial charge in [0.25, 0.3) is 5.69 Å². The Morgan fingerprint density at radius 2 is 2.18 bits per heavy atom. The number of nitrogens with zero attached hydrogens (tertiary/aromatic N) is 1. The molecular formula is C10H13FIN3O2. The van der Waals surface area contributed by atoms with Crippen LogP contribution in [0.25, 0.3) is 0 Å². The van der Waals surface area contributed by atoms with E-state index >= 15 is 0 Å². The molecular weight excluding hydrogens is 340 g/mol. The van der Waals surface area contributed by atoms with Crippen LogP contribution in [-0.2, 0) is 0 Å². The maximum absolute atomic E-state index is 13.3. The van der Waals surface area contributed by atoms with Crippen LogP contribution in [0.5, 0.6) is 0 Å². The molecule has 0 amide bonds. The van der Waals surface area contributed by atoms with Crippen LogP contribution in [0.1, 0.15) is 13.8 Å². The van der Waals surface area contributed by atoms with E-state index in [2.05, 4.69) is 5.32 Å². The van der Waals surface area contributed by atoms with Gasteiger partial charge in [0.05, 0.1) is 8.49 Å². The van der Waals surface area contributed by atoms with Gasteiger partial charge in [-0.2, -0.15) is 0 Å². The van der Waals surface area contributed by atoms with E-state index in [-0.39, 0.29) is 14.9 Å². The van der Waals surface area contributed by atoms with Gasteiger partial charge in [-0.15, -0.1) is 0 Å². The van der Waals surface area contributed by atoms with Gasteiger partial charge in [0.15, 0.2) is 0 Å². The van der Waals surface area contributed by atoms with Crippen molar-refractivity contribution >= 4 is 34.0 Å². The van der Waals surface area contributed by atoms with Gasteiger partial charge in [-0.1, -0.05) is 0 Å². The number of benzene rings is 1. The first kappa shape index (κ1) is 14.1. The zero-order chi connectivity index (χ0) is 13.2. The van der Waals surface area contributed by atoms with Crippen LogP contribution in [0.2, 0.25) is 0 Å². The fraction of sp³-hybridized carbons (Fsp3) is 0.400. The molecule has 0 bridgehead atoms. The summed E-state index contributed by atoms with van der Waals surface area (Å²) in [5.74, 6) is -0.492. The molecule has 0 aliphatic rings. The summed E-state index contributed by atoms with van der Waals surface area (Å²) in [6.45, 7) is 3.86. The molecule has 3 N–H and O–H groups in total. The molecule has 0 aliphatic carbocycles. The van der Waals surface area contributed by atoms with E-state index in [0.29, 0.717) is 6.54 Å². The van der Waals surface area contributed by atoms with Gasteiger partial charge >= 0.3 is 0 Å². The second-order valence-corrected chi connectivity index (χ2v) is 5.54. The van der Waals surface area contributed by atoms with Gasteiger partial charge in [-0.3, -0.25) is 10.1 Å². The van der Waals surface area contributed by atoms with Gasteiger partial charge in [0, 0.05) is 24.2 Å². The van der Waals surface area contributed by atoms with Crippen molar-refractivity contribution in [1.29, 1.82) is 0 Å². The van der Waals surface area contributed by atoms with Crippen molar-refractivity contribution in [3.63, 3.8) is 0 Å². The average Bonchev–Trinajstić information content (AvgIpc) is 2.17. The van der Waals surface area contributed by atoms with Crippen molar-refractivity contribution < 1.29 is 9.31 Å². The van der Waals surface area contributed by atoms with Gasteiger partial charge in [0.1, 0.15) is 11.5 Å². The van der Waals surface area contributed by atoms with E-state index in [9.17, 15) is 14.5 Å². The first-order valence-corrected chi connectivity index (χ1v) is 5.95. The third kappa shape index (κ3) is 4.08. The Morgan fingerprint density at radius 1 is 1.59 bits per heavy atom. The highest BCUT2D eigenvalue weighted by Crippen LogP contribution is 2.28. The van der Waals surface area contributed by atoms with E-state index in [1.807, 2.05) is 0 Å². The number of nitro benzene ring substituents is 1. The van der Waals surface area contributed by atoms with Crippen LogP contribution in [0.15, 0.2) is 12.1 Å². The molecule has 0 aliphatic heterocycles. The second kappa shape index (κ2) is 5.13. The number of nitro groups is 1. The number of hydrogen-bond acceptors (Lipinski definition) is 4. The summed E-state index contributed by atoms with van der Waals surface area (Å²) in [5.41, 5.74) is 5.21. The lowest BCUT2D eigenvalue weighted by Crippen LogP contribution is -2.39. The highest BCUT2D eigenvalue weighted by Gasteiger charge is 2.19. The predicted molar refractivity (Wildman–Crippen MR) is 72.5 cm³/mol. The van der Waals surface area contributed by atoms with Crippen LogP contribution in [-0.4, -0.2) is 17.0 Å². The van der Waals surface area contributed by atoms with Crippen molar-refractivity contribution in [2.45, 2.75) is 19.4 Å². The minimum absolute atomic E-state index is 0.145. The van der Waals surface area contributed by atoms with Gasteiger partial charge in [-0.05, 0) is 36.4 Å². The van der Waals surface area contributed by atoms with Crippen LogP contribution in [0.3, 0.4) is 0 Å². The maximum Gasteiger partial charge on any atom is 0.293 e. The minimum Gasteiger partial charge on any atom is -0.378 e. The SMILES string of the molecule is CC(C)(N)CNc1cc(F)c(I)cc1[N+](=O)[O-]. The molecule has 0 spiro atoms.